The summed E-state index contributed by atoms with van der Waals surface area (Å²) in [4.78, 5) is -0.490. The smallest absolute Gasteiger partial charge is 0.245 e. The first-order chi connectivity index (χ1) is 8.98. The molecule has 0 bridgehead atoms. The van der Waals surface area contributed by atoms with Gasteiger partial charge >= 0.3 is 0 Å². The van der Waals surface area contributed by atoms with Gasteiger partial charge in [-0.25, -0.2) is 17.2 Å². The fraction of sp³-hybridized carbons (Fsp3) is 0.500. The third-order valence-corrected chi connectivity index (χ3v) is 5.20. The van der Waals surface area contributed by atoms with Crippen LogP contribution in [-0.4, -0.2) is 25.8 Å². The van der Waals surface area contributed by atoms with Crippen molar-refractivity contribution in [3.63, 3.8) is 0 Å². The van der Waals surface area contributed by atoms with E-state index in [0.717, 1.165) is 31.4 Å². The zero-order chi connectivity index (χ0) is 14.0. The molecule has 106 valence electrons. The van der Waals surface area contributed by atoms with Crippen molar-refractivity contribution < 1.29 is 17.2 Å². The first-order valence-corrected chi connectivity index (χ1v) is 7.59. The van der Waals surface area contributed by atoms with Crippen LogP contribution in [0.3, 0.4) is 0 Å². The molecule has 1 aromatic rings. The highest BCUT2D eigenvalue weighted by molar-refractivity contribution is 7.89. The highest BCUT2D eigenvalue weighted by atomic mass is 32.2. The molecule has 1 heterocycles. The number of piperidine rings is 1. The van der Waals surface area contributed by atoms with Crippen molar-refractivity contribution in [2.24, 2.45) is 5.73 Å². The maximum atomic E-state index is 14.1. The van der Waals surface area contributed by atoms with E-state index < -0.39 is 32.1 Å². The number of rotatable bonds is 3. The van der Waals surface area contributed by atoms with Crippen molar-refractivity contribution in [1.29, 1.82) is 0 Å². The van der Waals surface area contributed by atoms with E-state index in [-0.39, 0.29) is 6.54 Å². The summed E-state index contributed by atoms with van der Waals surface area (Å²) in [5, 5.41) is 0. The van der Waals surface area contributed by atoms with Crippen LogP contribution >= 0.6 is 0 Å². The predicted molar refractivity (Wildman–Crippen MR) is 66.9 cm³/mol. The van der Waals surface area contributed by atoms with E-state index in [1.807, 2.05) is 0 Å². The minimum absolute atomic E-state index is 0.372. The Balaban J connectivity index is 2.46. The van der Waals surface area contributed by atoms with Crippen LogP contribution in [0, 0.1) is 11.6 Å². The third kappa shape index (κ3) is 2.63. The summed E-state index contributed by atoms with van der Waals surface area (Å²) in [5.74, 6) is -1.90. The zero-order valence-electron chi connectivity index (χ0n) is 10.4. The molecule has 0 amide bonds. The van der Waals surface area contributed by atoms with Crippen LogP contribution in [0.15, 0.2) is 17.0 Å². The largest absolute Gasteiger partial charge is 0.326 e. The number of hydrogen-bond donors (Lipinski definition) is 1. The minimum Gasteiger partial charge on any atom is -0.326 e. The fourth-order valence-corrected chi connectivity index (χ4v) is 3.81. The second-order valence-electron chi connectivity index (χ2n) is 4.51. The normalized spacial score (nSPS) is 17.6. The van der Waals surface area contributed by atoms with Gasteiger partial charge in [-0.05, 0) is 25.0 Å². The quantitative estimate of drug-likeness (QED) is 0.919. The summed E-state index contributed by atoms with van der Waals surface area (Å²) >= 11 is 0. The standard InChI is InChI=1S/C12H16F2N2O2S/c13-10-4-5-11(12(14)9(10)8-15)19(17,18)16-6-2-1-3-7-16/h4-5H,1-3,6-8,15H2. The molecule has 1 fully saturated rings. The molecule has 7 heteroatoms. The molecule has 0 spiro atoms. The van der Waals surface area contributed by atoms with Crippen LogP contribution in [0.4, 0.5) is 8.78 Å². The van der Waals surface area contributed by atoms with Gasteiger partial charge < -0.3 is 5.73 Å². The van der Waals surface area contributed by atoms with Crippen LogP contribution in [0.5, 0.6) is 0 Å². The molecule has 0 aromatic heterocycles. The summed E-state index contributed by atoms with van der Waals surface area (Å²) in [7, 11) is -3.91. The number of nitrogens with two attached hydrogens (primary N) is 1. The highest BCUT2D eigenvalue weighted by Crippen LogP contribution is 2.25. The SMILES string of the molecule is NCc1c(F)ccc(S(=O)(=O)N2CCCCC2)c1F. The van der Waals surface area contributed by atoms with Gasteiger partial charge in [0.1, 0.15) is 10.7 Å². The number of benzene rings is 1. The van der Waals surface area contributed by atoms with Gasteiger partial charge in [-0.1, -0.05) is 6.42 Å². The van der Waals surface area contributed by atoms with E-state index in [0.29, 0.717) is 13.1 Å². The lowest BCUT2D eigenvalue weighted by molar-refractivity contribution is 0.344. The van der Waals surface area contributed by atoms with E-state index >= 15 is 0 Å². The topological polar surface area (TPSA) is 63.4 Å². The summed E-state index contributed by atoms with van der Waals surface area (Å²) in [6.45, 7) is 0.370. The Kier molecular flexibility index (Phi) is 4.17. The molecule has 0 saturated carbocycles. The minimum atomic E-state index is -3.91. The number of hydrogen-bond acceptors (Lipinski definition) is 3. The summed E-state index contributed by atoms with van der Waals surface area (Å²) in [5.41, 5.74) is 4.86. The first kappa shape index (κ1) is 14.4. The zero-order valence-corrected chi connectivity index (χ0v) is 11.2. The Morgan fingerprint density at radius 2 is 1.79 bits per heavy atom. The second-order valence-corrected chi connectivity index (χ2v) is 6.41. The van der Waals surface area contributed by atoms with Crippen molar-refractivity contribution >= 4 is 10.0 Å². The molecule has 0 atom stereocenters. The Bertz CT molecular complexity index is 569. The van der Waals surface area contributed by atoms with E-state index in [2.05, 4.69) is 0 Å². The van der Waals surface area contributed by atoms with E-state index in [1.54, 1.807) is 0 Å². The van der Waals surface area contributed by atoms with Crippen molar-refractivity contribution in [3.05, 3.63) is 29.3 Å². The van der Waals surface area contributed by atoms with Crippen molar-refractivity contribution in [1.82, 2.24) is 4.31 Å². The lowest BCUT2D eigenvalue weighted by Crippen LogP contribution is -2.36. The van der Waals surface area contributed by atoms with Gasteiger partial charge in [0.15, 0.2) is 5.82 Å². The maximum Gasteiger partial charge on any atom is 0.245 e. The van der Waals surface area contributed by atoms with Crippen LogP contribution in [-0.2, 0) is 16.6 Å². The van der Waals surface area contributed by atoms with E-state index in [1.165, 1.54) is 4.31 Å². The van der Waals surface area contributed by atoms with E-state index in [9.17, 15) is 17.2 Å². The molecule has 0 radical (unpaired) electrons. The average Bonchev–Trinajstić information content (AvgIpc) is 2.40. The average molecular weight is 290 g/mol. The Labute approximate surface area is 111 Å². The fourth-order valence-electron chi connectivity index (χ4n) is 2.21. The molecule has 19 heavy (non-hydrogen) atoms. The number of nitrogens with zero attached hydrogens (tertiary/aromatic N) is 1. The van der Waals surface area contributed by atoms with Gasteiger partial charge in [0.05, 0.1) is 0 Å². The predicted octanol–water partition coefficient (Wildman–Crippen LogP) is 1.60. The summed E-state index contributed by atoms with van der Waals surface area (Å²) < 4.78 is 53.3. The molecular weight excluding hydrogens is 274 g/mol. The lowest BCUT2D eigenvalue weighted by atomic mass is 10.2. The van der Waals surface area contributed by atoms with Crippen molar-refractivity contribution in [2.45, 2.75) is 30.7 Å². The van der Waals surface area contributed by atoms with Gasteiger partial charge in [-0.2, -0.15) is 4.31 Å². The Morgan fingerprint density at radius 3 is 2.37 bits per heavy atom. The monoisotopic (exact) mass is 290 g/mol. The molecule has 1 aliphatic heterocycles. The molecule has 0 aliphatic carbocycles. The highest BCUT2D eigenvalue weighted by Gasteiger charge is 2.30. The van der Waals surface area contributed by atoms with Gasteiger partial charge in [-0.3, -0.25) is 0 Å². The van der Waals surface area contributed by atoms with Crippen LogP contribution in [0.2, 0.25) is 0 Å². The van der Waals surface area contributed by atoms with Gasteiger partial charge in [0.25, 0.3) is 0 Å². The van der Waals surface area contributed by atoms with Crippen molar-refractivity contribution in [2.75, 3.05) is 13.1 Å². The van der Waals surface area contributed by atoms with Crippen molar-refractivity contribution in [3.8, 4) is 0 Å². The number of halogens is 2. The molecule has 1 aliphatic rings. The molecule has 4 nitrogen and oxygen atoms in total. The molecule has 2 N–H and O–H groups in total. The Hall–Kier alpha value is -1.05. The Morgan fingerprint density at radius 1 is 1.16 bits per heavy atom. The molecular formula is C12H16F2N2O2S. The van der Waals surface area contributed by atoms with Gasteiger partial charge in [-0.15, -0.1) is 0 Å². The molecule has 1 aromatic carbocycles. The molecule has 2 rings (SSSR count). The number of sulfonamides is 1. The van der Waals surface area contributed by atoms with Crippen LogP contribution < -0.4 is 5.73 Å². The van der Waals surface area contributed by atoms with Gasteiger partial charge in [0, 0.05) is 25.2 Å². The van der Waals surface area contributed by atoms with Gasteiger partial charge in [0.2, 0.25) is 10.0 Å². The summed E-state index contributed by atoms with van der Waals surface area (Å²) in [6.07, 6.45) is 2.48. The molecule has 0 unspecified atom stereocenters. The third-order valence-electron chi connectivity index (χ3n) is 3.29. The molecule has 1 saturated heterocycles. The maximum absolute atomic E-state index is 14.1. The summed E-state index contributed by atoms with van der Waals surface area (Å²) in [6, 6.07) is 1.91. The second kappa shape index (κ2) is 5.52. The first-order valence-electron chi connectivity index (χ1n) is 6.15. The van der Waals surface area contributed by atoms with Crippen LogP contribution in [0.25, 0.3) is 0 Å². The lowest BCUT2D eigenvalue weighted by Gasteiger charge is -2.26. The van der Waals surface area contributed by atoms with E-state index in [4.69, 9.17) is 5.73 Å². The van der Waals surface area contributed by atoms with Crippen LogP contribution in [0.1, 0.15) is 24.8 Å².